The van der Waals surface area contributed by atoms with Gasteiger partial charge in [0, 0.05) is 4.47 Å². The fraction of sp³-hybridized carbons (Fsp3) is 0.294. The Morgan fingerprint density at radius 2 is 1.74 bits per heavy atom. The van der Waals surface area contributed by atoms with Gasteiger partial charge in [-0.3, -0.25) is 0 Å². The van der Waals surface area contributed by atoms with Gasteiger partial charge < -0.3 is 5.32 Å². The van der Waals surface area contributed by atoms with Gasteiger partial charge in [0.1, 0.15) is 0 Å². The fourth-order valence-corrected chi connectivity index (χ4v) is 3.15. The van der Waals surface area contributed by atoms with Crippen molar-refractivity contribution in [3.8, 4) is 0 Å². The zero-order valence-corrected chi connectivity index (χ0v) is 13.5. The van der Waals surface area contributed by atoms with Crippen LogP contribution in [0.2, 0.25) is 0 Å². The van der Waals surface area contributed by atoms with Gasteiger partial charge in [0.05, 0.1) is 6.04 Å². The van der Waals surface area contributed by atoms with E-state index in [2.05, 4.69) is 78.4 Å². The van der Waals surface area contributed by atoms with E-state index in [1.807, 2.05) is 7.05 Å². The van der Waals surface area contributed by atoms with Crippen molar-refractivity contribution in [3.63, 3.8) is 0 Å². The average molecular weight is 318 g/mol. The van der Waals surface area contributed by atoms with Crippen LogP contribution in [0.5, 0.6) is 0 Å². The molecule has 1 atom stereocenters. The number of halogens is 1. The summed E-state index contributed by atoms with van der Waals surface area (Å²) >= 11 is 3.69. The summed E-state index contributed by atoms with van der Waals surface area (Å²) in [5.41, 5.74) is 6.58. The van der Waals surface area contributed by atoms with Crippen molar-refractivity contribution in [1.82, 2.24) is 5.32 Å². The molecule has 0 heterocycles. The zero-order chi connectivity index (χ0) is 14.0. The van der Waals surface area contributed by atoms with E-state index < -0.39 is 0 Å². The molecule has 0 aliphatic carbocycles. The van der Waals surface area contributed by atoms with E-state index in [9.17, 15) is 0 Å². The Hall–Kier alpha value is -1.12. The Bertz CT molecular complexity index is 590. The summed E-state index contributed by atoms with van der Waals surface area (Å²) in [6.45, 7) is 6.47. The second kappa shape index (κ2) is 5.89. The van der Waals surface area contributed by atoms with Gasteiger partial charge in [-0.15, -0.1) is 0 Å². The molecule has 0 bridgehead atoms. The highest BCUT2D eigenvalue weighted by Gasteiger charge is 2.17. The van der Waals surface area contributed by atoms with Crippen LogP contribution < -0.4 is 5.32 Å². The maximum Gasteiger partial charge on any atom is 0.0588 e. The lowest BCUT2D eigenvalue weighted by Crippen LogP contribution is -2.19. The molecule has 2 heteroatoms. The second-order valence-corrected chi connectivity index (χ2v) is 5.89. The second-order valence-electron chi connectivity index (χ2n) is 5.04. The van der Waals surface area contributed by atoms with Gasteiger partial charge in [0.2, 0.25) is 0 Å². The van der Waals surface area contributed by atoms with Crippen LogP contribution in [0.1, 0.15) is 33.9 Å². The number of nitrogens with one attached hydrogen (secondary N) is 1. The minimum Gasteiger partial charge on any atom is -0.309 e. The number of benzene rings is 2. The number of hydrogen-bond donors (Lipinski definition) is 1. The molecule has 1 nitrogen and oxygen atoms in total. The third-order valence-corrected chi connectivity index (χ3v) is 4.40. The molecule has 2 rings (SSSR count). The predicted octanol–water partition coefficient (Wildman–Crippen LogP) is 4.68. The van der Waals surface area contributed by atoms with Crippen molar-refractivity contribution in [2.75, 3.05) is 7.05 Å². The first-order chi connectivity index (χ1) is 9.04. The summed E-state index contributed by atoms with van der Waals surface area (Å²) in [6, 6.07) is 13.2. The molecular formula is C17H20BrN. The van der Waals surface area contributed by atoms with Crippen LogP contribution in [-0.2, 0) is 0 Å². The summed E-state index contributed by atoms with van der Waals surface area (Å²) in [7, 11) is 2.01. The van der Waals surface area contributed by atoms with Crippen LogP contribution in [0, 0.1) is 20.8 Å². The summed E-state index contributed by atoms with van der Waals surface area (Å²) in [5, 5.41) is 3.43. The van der Waals surface area contributed by atoms with Crippen LogP contribution in [0.3, 0.4) is 0 Å². The van der Waals surface area contributed by atoms with Crippen molar-refractivity contribution in [2.24, 2.45) is 0 Å². The lowest BCUT2D eigenvalue weighted by Gasteiger charge is -2.22. The van der Waals surface area contributed by atoms with Crippen LogP contribution >= 0.6 is 15.9 Å². The molecule has 19 heavy (non-hydrogen) atoms. The van der Waals surface area contributed by atoms with Gasteiger partial charge in [-0.2, -0.15) is 0 Å². The van der Waals surface area contributed by atoms with Crippen LogP contribution in [0.25, 0.3) is 0 Å². The zero-order valence-electron chi connectivity index (χ0n) is 11.9. The largest absolute Gasteiger partial charge is 0.309 e. The number of rotatable bonds is 3. The molecular weight excluding hydrogens is 298 g/mol. The van der Waals surface area contributed by atoms with Gasteiger partial charge in [0.15, 0.2) is 0 Å². The number of aryl methyl sites for hydroxylation is 2. The van der Waals surface area contributed by atoms with Gasteiger partial charge in [-0.1, -0.05) is 46.3 Å². The maximum absolute atomic E-state index is 3.69. The Balaban J connectivity index is 2.53. The summed E-state index contributed by atoms with van der Waals surface area (Å²) in [6.07, 6.45) is 0. The summed E-state index contributed by atoms with van der Waals surface area (Å²) in [5.74, 6) is 0. The molecule has 100 valence electrons. The van der Waals surface area contributed by atoms with Crippen LogP contribution in [0.4, 0.5) is 0 Å². The van der Waals surface area contributed by atoms with E-state index in [0.717, 1.165) is 4.47 Å². The smallest absolute Gasteiger partial charge is 0.0588 e. The molecule has 0 aliphatic heterocycles. The van der Waals surface area contributed by atoms with Gasteiger partial charge in [-0.25, -0.2) is 0 Å². The molecule has 0 fully saturated rings. The molecule has 2 aromatic rings. The molecule has 1 N–H and O–H groups in total. The van der Waals surface area contributed by atoms with Gasteiger partial charge >= 0.3 is 0 Å². The molecule has 0 radical (unpaired) electrons. The summed E-state index contributed by atoms with van der Waals surface area (Å²) < 4.78 is 1.16. The van der Waals surface area contributed by atoms with E-state index in [4.69, 9.17) is 0 Å². The monoisotopic (exact) mass is 317 g/mol. The van der Waals surface area contributed by atoms with E-state index in [1.165, 1.54) is 27.8 Å². The number of hydrogen-bond acceptors (Lipinski definition) is 1. The predicted molar refractivity (Wildman–Crippen MR) is 85.7 cm³/mol. The average Bonchev–Trinajstić information content (AvgIpc) is 2.37. The maximum atomic E-state index is 3.69. The molecule has 0 amide bonds. The molecule has 1 unspecified atom stereocenters. The molecule has 2 aromatic carbocycles. The molecule has 0 aliphatic rings. The summed E-state index contributed by atoms with van der Waals surface area (Å²) in [4.78, 5) is 0. The van der Waals surface area contributed by atoms with Crippen molar-refractivity contribution in [1.29, 1.82) is 0 Å². The van der Waals surface area contributed by atoms with E-state index in [0.29, 0.717) is 0 Å². The van der Waals surface area contributed by atoms with Gasteiger partial charge in [-0.05, 0) is 61.7 Å². The minimum atomic E-state index is 0.217. The first kappa shape index (κ1) is 14.3. The Morgan fingerprint density at radius 1 is 1.00 bits per heavy atom. The van der Waals surface area contributed by atoms with Crippen LogP contribution in [0.15, 0.2) is 40.9 Å². The first-order valence-electron chi connectivity index (χ1n) is 6.54. The molecule has 0 saturated carbocycles. The normalized spacial score (nSPS) is 12.5. The third-order valence-electron chi connectivity index (χ3n) is 3.71. The molecule has 0 saturated heterocycles. The highest BCUT2D eigenvalue weighted by Crippen LogP contribution is 2.31. The van der Waals surface area contributed by atoms with Gasteiger partial charge in [0.25, 0.3) is 0 Å². The van der Waals surface area contributed by atoms with Crippen molar-refractivity contribution >= 4 is 15.9 Å². The lowest BCUT2D eigenvalue weighted by atomic mass is 9.92. The first-order valence-corrected chi connectivity index (χ1v) is 7.33. The van der Waals surface area contributed by atoms with Crippen LogP contribution in [-0.4, -0.2) is 7.05 Å². The highest BCUT2D eigenvalue weighted by molar-refractivity contribution is 9.10. The van der Waals surface area contributed by atoms with Crippen molar-refractivity contribution in [2.45, 2.75) is 26.8 Å². The Kier molecular flexibility index (Phi) is 4.43. The molecule has 0 aromatic heterocycles. The third kappa shape index (κ3) is 2.90. The quantitative estimate of drug-likeness (QED) is 0.866. The highest BCUT2D eigenvalue weighted by atomic mass is 79.9. The lowest BCUT2D eigenvalue weighted by molar-refractivity contribution is 0.683. The fourth-order valence-electron chi connectivity index (χ4n) is 2.43. The van der Waals surface area contributed by atoms with E-state index in [-0.39, 0.29) is 6.04 Å². The standard InChI is InChI=1S/C17H20BrN/c1-11-8-9-15(16(18)10-11)17(19-4)14-7-5-6-12(2)13(14)3/h5-10,17,19H,1-4H3. The Labute approximate surface area is 124 Å². The molecule has 0 spiro atoms. The van der Waals surface area contributed by atoms with E-state index in [1.54, 1.807) is 0 Å². The topological polar surface area (TPSA) is 12.0 Å². The van der Waals surface area contributed by atoms with Crippen molar-refractivity contribution in [3.05, 3.63) is 68.7 Å². The Morgan fingerprint density at radius 3 is 2.37 bits per heavy atom. The SMILES string of the molecule is CNC(c1ccc(C)cc1Br)c1cccc(C)c1C. The van der Waals surface area contributed by atoms with Crippen molar-refractivity contribution < 1.29 is 0 Å². The van der Waals surface area contributed by atoms with E-state index >= 15 is 0 Å². The minimum absolute atomic E-state index is 0.217.